The van der Waals surface area contributed by atoms with Gasteiger partial charge in [0.1, 0.15) is 11.9 Å². The molecule has 0 aromatic heterocycles. The largest absolute Gasteiger partial charge is 0.380 e. The Balaban J connectivity index is 2.67. The number of hydrogen-bond acceptors (Lipinski definition) is 5. The summed E-state index contributed by atoms with van der Waals surface area (Å²) in [7, 11) is -1.69. The summed E-state index contributed by atoms with van der Waals surface area (Å²) in [5.41, 5.74) is 1.87. The second-order valence-electron chi connectivity index (χ2n) is 4.57. The molecule has 0 N–H and O–H groups in total. The van der Waals surface area contributed by atoms with Crippen LogP contribution in [0.25, 0.3) is 0 Å². The van der Waals surface area contributed by atoms with Crippen molar-refractivity contribution in [3.05, 3.63) is 35.4 Å². The Hall–Kier alpha value is -1.00. The fourth-order valence-electron chi connectivity index (χ4n) is 2.02. The van der Waals surface area contributed by atoms with Crippen LogP contribution < -0.4 is 0 Å². The first-order valence-corrected chi connectivity index (χ1v) is 8.72. The summed E-state index contributed by atoms with van der Waals surface area (Å²) in [4.78, 5) is 12.1. The molecule has 0 fully saturated rings. The van der Waals surface area contributed by atoms with E-state index in [1.165, 1.54) is 0 Å². The van der Waals surface area contributed by atoms with Crippen molar-refractivity contribution in [2.75, 3.05) is 26.5 Å². The number of methoxy groups -OCH3 is 1. The molecule has 0 radical (unpaired) electrons. The number of carbonyl (C=O) groups is 1. The zero-order valence-corrected chi connectivity index (χ0v) is 13.7. The minimum atomic E-state index is -3.31. The first-order chi connectivity index (χ1) is 10.0. The van der Waals surface area contributed by atoms with Crippen LogP contribution in [0.4, 0.5) is 0 Å². The van der Waals surface area contributed by atoms with Crippen LogP contribution in [0.3, 0.4) is 0 Å². The lowest BCUT2D eigenvalue weighted by Gasteiger charge is -2.16. The van der Waals surface area contributed by atoms with Gasteiger partial charge in [-0.15, -0.1) is 0 Å². The standard InChI is InChI=1S/C15H23O5P/c1-4-19-21(17,20-5-2)12-15(16)10-13-7-6-8-14(9-13)11-18-3/h6-9H,4-5,10-12H2,1-3H3. The van der Waals surface area contributed by atoms with Gasteiger partial charge in [0.25, 0.3) is 0 Å². The third-order valence-corrected chi connectivity index (χ3v) is 4.77. The third-order valence-electron chi connectivity index (χ3n) is 2.73. The van der Waals surface area contributed by atoms with E-state index in [4.69, 9.17) is 13.8 Å². The molecule has 1 aromatic rings. The summed E-state index contributed by atoms with van der Waals surface area (Å²) in [5, 5.41) is 0. The number of Topliss-reactive ketones (excluding diaryl/α,β-unsaturated/α-hetero) is 1. The molecule has 118 valence electrons. The number of hydrogen-bond donors (Lipinski definition) is 0. The fourth-order valence-corrected chi connectivity index (χ4v) is 3.61. The highest BCUT2D eigenvalue weighted by molar-refractivity contribution is 7.54. The monoisotopic (exact) mass is 314 g/mol. The van der Waals surface area contributed by atoms with Crippen LogP contribution in [-0.4, -0.2) is 32.3 Å². The molecular formula is C15H23O5P. The molecule has 0 amide bonds. The Kier molecular flexibility index (Phi) is 7.83. The van der Waals surface area contributed by atoms with Crippen LogP contribution in [0.5, 0.6) is 0 Å². The lowest BCUT2D eigenvalue weighted by molar-refractivity contribution is -0.116. The Bertz CT molecular complexity index is 491. The molecule has 0 aliphatic carbocycles. The van der Waals surface area contributed by atoms with Crippen molar-refractivity contribution in [3.8, 4) is 0 Å². The van der Waals surface area contributed by atoms with E-state index >= 15 is 0 Å². The summed E-state index contributed by atoms with van der Waals surface area (Å²) in [5.74, 6) is -0.158. The Labute approximate surface area is 126 Å². The maximum atomic E-state index is 12.3. The summed E-state index contributed by atoms with van der Waals surface area (Å²) in [6, 6.07) is 7.58. The van der Waals surface area contributed by atoms with Gasteiger partial charge in [0, 0.05) is 13.5 Å². The maximum Gasteiger partial charge on any atom is 0.338 e. The predicted octanol–water partition coefficient (Wildman–Crippen LogP) is 3.21. The molecule has 0 bridgehead atoms. The van der Waals surface area contributed by atoms with E-state index in [1.54, 1.807) is 21.0 Å². The van der Waals surface area contributed by atoms with E-state index in [2.05, 4.69) is 0 Å². The number of benzene rings is 1. The molecule has 0 aliphatic rings. The Morgan fingerprint density at radius 2 is 1.76 bits per heavy atom. The van der Waals surface area contributed by atoms with E-state index in [9.17, 15) is 9.36 Å². The highest BCUT2D eigenvalue weighted by Gasteiger charge is 2.27. The summed E-state index contributed by atoms with van der Waals surface area (Å²) < 4.78 is 27.6. The molecule has 21 heavy (non-hydrogen) atoms. The van der Waals surface area contributed by atoms with Crippen LogP contribution in [0.15, 0.2) is 24.3 Å². The lowest BCUT2D eigenvalue weighted by atomic mass is 10.1. The van der Waals surface area contributed by atoms with Crippen LogP contribution in [0, 0.1) is 0 Å². The van der Waals surface area contributed by atoms with Crippen molar-refractivity contribution in [3.63, 3.8) is 0 Å². The quantitative estimate of drug-likeness (QED) is 0.621. The summed E-state index contributed by atoms with van der Waals surface area (Å²) >= 11 is 0. The molecule has 0 spiro atoms. The Morgan fingerprint density at radius 1 is 1.14 bits per heavy atom. The SMILES string of the molecule is CCOP(=O)(CC(=O)Cc1cccc(COC)c1)OCC. The molecular weight excluding hydrogens is 291 g/mol. The average Bonchev–Trinajstić information content (AvgIpc) is 2.39. The Morgan fingerprint density at radius 3 is 2.33 bits per heavy atom. The zero-order chi connectivity index (χ0) is 15.7. The van der Waals surface area contributed by atoms with Gasteiger partial charge in [-0.25, -0.2) is 0 Å². The molecule has 0 aliphatic heterocycles. The van der Waals surface area contributed by atoms with Crippen molar-refractivity contribution >= 4 is 13.4 Å². The highest BCUT2D eigenvalue weighted by Crippen LogP contribution is 2.47. The van der Waals surface area contributed by atoms with Crippen molar-refractivity contribution in [1.29, 1.82) is 0 Å². The van der Waals surface area contributed by atoms with Crippen molar-refractivity contribution in [2.45, 2.75) is 26.9 Å². The van der Waals surface area contributed by atoms with Crippen molar-refractivity contribution < 1.29 is 23.1 Å². The molecule has 0 atom stereocenters. The van der Waals surface area contributed by atoms with E-state index < -0.39 is 7.60 Å². The zero-order valence-electron chi connectivity index (χ0n) is 12.8. The van der Waals surface area contributed by atoms with Gasteiger partial charge in [0.15, 0.2) is 0 Å². The lowest BCUT2D eigenvalue weighted by Crippen LogP contribution is -2.12. The van der Waals surface area contributed by atoms with Gasteiger partial charge in [0.05, 0.1) is 19.8 Å². The second kappa shape index (κ2) is 9.11. The van der Waals surface area contributed by atoms with Gasteiger partial charge < -0.3 is 13.8 Å². The van der Waals surface area contributed by atoms with Crippen LogP contribution in [0.1, 0.15) is 25.0 Å². The van der Waals surface area contributed by atoms with E-state index in [-0.39, 0.29) is 31.6 Å². The number of carbonyl (C=O) groups excluding carboxylic acids is 1. The normalized spacial score (nSPS) is 11.6. The molecule has 1 aromatic carbocycles. The van der Waals surface area contributed by atoms with Crippen LogP contribution >= 0.6 is 7.60 Å². The van der Waals surface area contributed by atoms with Gasteiger partial charge >= 0.3 is 7.60 Å². The predicted molar refractivity (Wildman–Crippen MR) is 81.6 cm³/mol. The van der Waals surface area contributed by atoms with E-state index in [0.29, 0.717) is 6.61 Å². The molecule has 0 heterocycles. The molecule has 0 saturated carbocycles. The van der Waals surface area contributed by atoms with Crippen molar-refractivity contribution in [2.24, 2.45) is 0 Å². The minimum Gasteiger partial charge on any atom is -0.380 e. The van der Waals surface area contributed by atoms with E-state index in [1.807, 2.05) is 24.3 Å². The molecule has 1 rings (SSSR count). The van der Waals surface area contributed by atoms with Gasteiger partial charge in [-0.3, -0.25) is 9.36 Å². The minimum absolute atomic E-state index is 0.158. The van der Waals surface area contributed by atoms with Crippen LogP contribution in [0.2, 0.25) is 0 Å². The number of ketones is 1. The molecule has 5 nitrogen and oxygen atoms in total. The topological polar surface area (TPSA) is 61.8 Å². The second-order valence-corrected chi connectivity index (χ2v) is 6.63. The molecule has 0 saturated heterocycles. The summed E-state index contributed by atoms with van der Waals surface area (Å²) in [6.45, 7) is 4.47. The molecule has 6 heteroatoms. The first kappa shape index (κ1) is 18.1. The maximum absolute atomic E-state index is 12.3. The number of ether oxygens (including phenoxy) is 1. The van der Waals surface area contributed by atoms with Gasteiger partial charge in [-0.1, -0.05) is 24.3 Å². The molecule has 0 unspecified atom stereocenters. The van der Waals surface area contributed by atoms with Crippen LogP contribution in [-0.2, 0) is 36.2 Å². The van der Waals surface area contributed by atoms with Gasteiger partial charge in [-0.2, -0.15) is 0 Å². The first-order valence-electron chi connectivity index (χ1n) is 6.99. The average molecular weight is 314 g/mol. The van der Waals surface area contributed by atoms with Gasteiger partial charge in [0.2, 0.25) is 0 Å². The number of rotatable bonds is 10. The van der Waals surface area contributed by atoms with Gasteiger partial charge in [-0.05, 0) is 25.0 Å². The van der Waals surface area contributed by atoms with E-state index in [0.717, 1.165) is 11.1 Å². The fraction of sp³-hybridized carbons (Fsp3) is 0.533. The highest BCUT2D eigenvalue weighted by atomic mass is 31.2. The third kappa shape index (κ3) is 6.53. The smallest absolute Gasteiger partial charge is 0.338 e. The van der Waals surface area contributed by atoms with Crippen molar-refractivity contribution in [1.82, 2.24) is 0 Å². The summed E-state index contributed by atoms with van der Waals surface area (Å²) in [6.07, 6.45) is 0.0187.